The SMILES string of the molecule is NCCCCCC(=O)NCc1cccc(NC(=O)N2c3nc(-c4cccc(C(F)(F)F)c4)ccc3N3CCC32)c1. The molecule has 40 heavy (non-hydrogen) atoms. The van der Waals surface area contributed by atoms with Crippen molar-refractivity contribution in [2.24, 2.45) is 5.73 Å². The van der Waals surface area contributed by atoms with Gasteiger partial charge in [-0.25, -0.2) is 9.78 Å². The lowest BCUT2D eigenvalue weighted by Gasteiger charge is -2.39. The van der Waals surface area contributed by atoms with E-state index in [4.69, 9.17) is 5.73 Å². The largest absolute Gasteiger partial charge is 0.416 e. The number of carbonyl (C=O) groups is 2. The summed E-state index contributed by atoms with van der Waals surface area (Å²) in [6, 6.07) is 15.3. The number of urea groups is 1. The number of nitrogens with zero attached hydrogens (tertiary/aromatic N) is 3. The molecular formula is C29H31F3N6O2. The van der Waals surface area contributed by atoms with Gasteiger partial charge in [-0.3, -0.25) is 9.69 Å². The number of rotatable bonds is 9. The Morgan fingerprint density at radius 3 is 2.60 bits per heavy atom. The first-order chi connectivity index (χ1) is 19.2. The number of benzene rings is 2. The van der Waals surface area contributed by atoms with E-state index in [0.717, 1.165) is 55.6 Å². The van der Waals surface area contributed by atoms with E-state index in [1.54, 1.807) is 41.3 Å². The molecule has 2 aliphatic heterocycles. The second-order valence-electron chi connectivity index (χ2n) is 9.96. The summed E-state index contributed by atoms with van der Waals surface area (Å²) in [7, 11) is 0. The summed E-state index contributed by atoms with van der Waals surface area (Å²) in [5.74, 6) is 0.376. The van der Waals surface area contributed by atoms with Gasteiger partial charge in [-0.2, -0.15) is 13.2 Å². The average Bonchev–Trinajstić information content (AvgIpc) is 3.14. The van der Waals surface area contributed by atoms with E-state index in [1.807, 2.05) is 6.07 Å². The minimum atomic E-state index is -4.47. The zero-order valence-corrected chi connectivity index (χ0v) is 21.9. The van der Waals surface area contributed by atoms with Crippen LogP contribution >= 0.6 is 0 Å². The minimum absolute atomic E-state index is 0.0344. The third-order valence-electron chi connectivity index (χ3n) is 7.16. The topological polar surface area (TPSA) is 104 Å². The lowest BCUT2D eigenvalue weighted by Crippen LogP contribution is -2.56. The van der Waals surface area contributed by atoms with Crippen LogP contribution in [0.2, 0.25) is 0 Å². The summed E-state index contributed by atoms with van der Waals surface area (Å²) in [5, 5.41) is 5.82. The molecule has 1 fully saturated rings. The molecular weight excluding hydrogens is 521 g/mol. The minimum Gasteiger partial charge on any atom is -0.352 e. The summed E-state index contributed by atoms with van der Waals surface area (Å²) >= 11 is 0. The standard InChI is InChI=1S/C29H31F3N6O2/c30-29(31,32)21-8-5-7-20(17-21)23-11-12-24-27(36-23)38(26-13-15-37(24)26)28(40)35-22-9-4-6-19(16-22)18-34-25(39)10-2-1-3-14-33/h4-9,11-12,16-17,26H,1-3,10,13-15,18,33H2,(H,34,39)(H,35,40). The molecule has 8 nitrogen and oxygen atoms in total. The van der Waals surface area contributed by atoms with Gasteiger partial charge in [0.15, 0.2) is 5.82 Å². The predicted octanol–water partition coefficient (Wildman–Crippen LogP) is 5.49. The molecule has 210 valence electrons. The normalized spacial score (nSPS) is 15.8. The number of anilines is 3. The fourth-order valence-electron chi connectivity index (χ4n) is 4.99. The molecule has 1 unspecified atom stereocenters. The summed E-state index contributed by atoms with van der Waals surface area (Å²) in [6.07, 6.45) is -0.875. The molecule has 0 saturated carbocycles. The zero-order valence-electron chi connectivity index (χ0n) is 21.9. The van der Waals surface area contributed by atoms with Crippen molar-refractivity contribution in [2.75, 3.05) is 28.2 Å². The number of fused-ring (bicyclic) bond motifs is 3. The number of carbonyl (C=O) groups excluding carboxylic acids is 2. The van der Waals surface area contributed by atoms with Crippen LogP contribution in [0, 0.1) is 0 Å². The van der Waals surface area contributed by atoms with Crippen molar-refractivity contribution >= 4 is 29.1 Å². The molecule has 11 heteroatoms. The molecule has 0 radical (unpaired) electrons. The second-order valence-corrected chi connectivity index (χ2v) is 9.96. The van der Waals surface area contributed by atoms with Crippen LogP contribution in [-0.2, 0) is 17.5 Å². The predicted molar refractivity (Wildman–Crippen MR) is 148 cm³/mol. The van der Waals surface area contributed by atoms with E-state index in [1.165, 1.54) is 6.07 Å². The monoisotopic (exact) mass is 552 g/mol. The number of hydrogen-bond donors (Lipinski definition) is 3. The first kappa shape index (κ1) is 27.4. The molecule has 3 heterocycles. The van der Waals surface area contributed by atoms with Gasteiger partial charge in [-0.15, -0.1) is 0 Å². The van der Waals surface area contributed by atoms with Crippen molar-refractivity contribution in [3.8, 4) is 11.3 Å². The maximum atomic E-state index is 13.5. The van der Waals surface area contributed by atoms with Crippen LogP contribution in [-0.4, -0.2) is 36.2 Å². The van der Waals surface area contributed by atoms with Crippen LogP contribution in [0.25, 0.3) is 11.3 Å². The Bertz CT molecular complexity index is 1400. The molecule has 2 aliphatic rings. The molecule has 0 bridgehead atoms. The highest BCUT2D eigenvalue weighted by Gasteiger charge is 2.46. The second kappa shape index (κ2) is 11.5. The average molecular weight is 553 g/mol. The van der Waals surface area contributed by atoms with Gasteiger partial charge in [0.25, 0.3) is 0 Å². The van der Waals surface area contributed by atoms with Gasteiger partial charge in [-0.1, -0.05) is 30.7 Å². The third-order valence-corrected chi connectivity index (χ3v) is 7.16. The van der Waals surface area contributed by atoms with Crippen LogP contribution in [0.1, 0.15) is 43.2 Å². The molecule has 3 amide bonds. The smallest absolute Gasteiger partial charge is 0.352 e. The molecule has 0 spiro atoms. The molecule has 1 saturated heterocycles. The summed E-state index contributed by atoms with van der Waals surface area (Å²) in [5.41, 5.74) is 7.57. The van der Waals surface area contributed by atoms with Crippen LogP contribution in [0.3, 0.4) is 0 Å². The number of halogens is 3. The number of alkyl halides is 3. The number of hydrogen-bond acceptors (Lipinski definition) is 5. The van der Waals surface area contributed by atoms with Crippen LogP contribution in [0.4, 0.5) is 35.2 Å². The Labute approximate surface area is 230 Å². The van der Waals surface area contributed by atoms with Crippen molar-refractivity contribution in [1.29, 1.82) is 0 Å². The summed E-state index contributed by atoms with van der Waals surface area (Å²) in [6.45, 7) is 1.71. The first-order valence-corrected chi connectivity index (χ1v) is 13.4. The van der Waals surface area contributed by atoms with E-state index in [0.29, 0.717) is 42.3 Å². The Kier molecular flexibility index (Phi) is 7.92. The maximum absolute atomic E-state index is 13.5. The van der Waals surface area contributed by atoms with Gasteiger partial charge in [-0.05, 0) is 61.3 Å². The van der Waals surface area contributed by atoms with E-state index in [-0.39, 0.29) is 18.1 Å². The quantitative estimate of drug-likeness (QED) is 0.305. The fourth-order valence-corrected chi connectivity index (χ4v) is 4.99. The van der Waals surface area contributed by atoms with Crippen molar-refractivity contribution in [3.63, 3.8) is 0 Å². The number of amides is 3. The lowest BCUT2D eigenvalue weighted by atomic mass is 10.1. The maximum Gasteiger partial charge on any atom is 0.416 e. The molecule has 5 rings (SSSR count). The van der Waals surface area contributed by atoms with Crippen molar-refractivity contribution in [3.05, 3.63) is 71.8 Å². The highest BCUT2D eigenvalue weighted by molar-refractivity contribution is 6.06. The van der Waals surface area contributed by atoms with Gasteiger partial charge < -0.3 is 21.3 Å². The number of unbranched alkanes of at least 4 members (excludes halogenated alkanes) is 2. The van der Waals surface area contributed by atoms with Crippen molar-refractivity contribution in [1.82, 2.24) is 10.3 Å². The molecule has 1 aromatic heterocycles. The van der Waals surface area contributed by atoms with Gasteiger partial charge in [0.2, 0.25) is 5.91 Å². The Balaban J connectivity index is 1.29. The van der Waals surface area contributed by atoms with Crippen LogP contribution in [0.15, 0.2) is 60.7 Å². The van der Waals surface area contributed by atoms with Gasteiger partial charge in [0.1, 0.15) is 6.17 Å². The van der Waals surface area contributed by atoms with E-state index >= 15 is 0 Å². The molecule has 3 aromatic rings. The van der Waals surface area contributed by atoms with Crippen LogP contribution in [0.5, 0.6) is 0 Å². The Morgan fingerprint density at radius 1 is 1.02 bits per heavy atom. The van der Waals surface area contributed by atoms with Gasteiger partial charge >= 0.3 is 12.2 Å². The Morgan fingerprint density at radius 2 is 1.85 bits per heavy atom. The summed E-state index contributed by atoms with van der Waals surface area (Å²) in [4.78, 5) is 33.8. The zero-order chi connectivity index (χ0) is 28.3. The fraction of sp³-hybridized carbons (Fsp3) is 0.345. The number of nitrogens with two attached hydrogens (primary N) is 1. The van der Waals surface area contributed by atoms with E-state index in [2.05, 4.69) is 20.5 Å². The molecule has 0 aliphatic carbocycles. The van der Waals surface area contributed by atoms with Gasteiger partial charge in [0, 0.05) is 37.2 Å². The van der Waals surface area contributed by atoms with Crippen molar-refractivity contribution in [2.45, 2.75) is 51.0 Å². The highest BCUT2D eigenvalue weighted by Crippen LogP contribution is 2.45. The third kappa shape index (κ3) is 5.89. The molecule has 1 atom stereocenters. The highest BCUT2D eigenvalue weighted by atomic mass is 19.4. The first-order valence-electron chi connectivity index (χ1n) is 13.4. The van der Waals surface area contributed by atoms with Gasteiger partial charge in [0.05, 0.1) is 16.9 Å². The number of pyridine rings is 1. The van der Waals surface area contributed by atoms with Crippen molar-refractivity contribution < 1.29 is 22.8 Å². The summed E-state index contributed by atoms with van der Waals surface area (Å²) < 4.78 is 39.8. The number of aromatic nitrogens is 1. The number of nitrogens with one attached hydrogen (secondary N) is 2. The van der Waals surface area contributed by atoms with E-state index in [9.17, 15) is 22.8 Å². The Hall–Kier alpha value is -4.12. The van der Waals surface area contributed by atoms with Crippen LogP contribution < -0.4 is 26.2 Å². The molecule has 2 aromatic carbocycles. The molecule has 4 N–H and O–H groups in total. The lowest BCUT2D eigenvalue weighted by molar-refractivity contribution is -0.137. The van der Waals surface area contributed by atoms with E-state index < -0.39 is 11.7 Å².